The van der Waals surface area contributed by atoms with Crippen LogP contribution in [-0.4, -0.2) is 28.8 Å². The molecular weight excluding hydrogens is 354 g/mol. The Kier molecular flexibility index (Phi) is 7.82. The topological polar surface area (TPSA) is 66.4 Å². The van der Waals surface area contributed by atoms with Gasteiger partial charge in [-0.2, -0.15) is 0 Å². The fourth-order valence-corrected chi connectivity index (χ4v) is 3.12. The van der Waals surface area contributed by atoms with Crippen molar-refractivity contribution >= 4 is 39.6 Å². The third-order valence-corrected chi connectivity index (χ3v) is 4.64. The summed E-state index contributed by atoms with van der Waals surface area (Å²) in [6, 6.07) is 5.07. The van der Waals surface area contributed by atoms with Crippen LogP contribution in [-0.2, 0) is 9.59 Å². The molecule has 4 nitrogen and oxygen atoms in total. The van der Waals surface area contributed by atoms with Crippen molar-refractivity contribution in [1.29, 1.82) is 0 Å². The van der Waals surface area contributed by atoms with Crippen LogP contribution in [0, 0.1) is 6.92 Å². The standard InChI is InChI=1S/C15H20BrNO3S/c1-3-4-5-12(15(19)20)17-14(18)9-21-13-7-6-11(16)8-10(13)2/h6-8,12H,3-5,9H2,1-2H3,(H,17,18)(H,19,20). The summed E-state index contributed by atoms with van der Waals surface area (Å²) >= 11 is 4.81. The SMILES string of the molecule is CCCCC(NC(=O)CSc1ccc(Br)cc1C)C(=O)O. The molecule has 0 saturated carbocycles. The number of benzene rings is 1. The first-order valence-electron chi connectivity index (χ1n) is 6.85. The summed E-state index contributed by atoms with van der Waals surface area (Å²) in [5.74, 6) is -0.995. The lowest BCUT2D eigenvalue weighted by molar-refractivity contribution is -0.141. The molecule has 1 amide bonds. The zero-order valence-corrected chi connectivity index (χ0v) is 14.6. The number of halogens is 1. The second-order valence-corrected chi connectivity index (χ2v) is 6.73. The zero-order chi connectivity index (χ0) is 15.8. The number of amides is 1. The minimum absolute atomic E-state index is 0.221. The van der Waals surface area contributed by atoms with Gasteiger partial charge in [0.2, 0.25) is 5.91 Å². The van der Waals surface area contributed by atoms with Crippen molar-refractivity contribution in [3.05, 3.63) is 28.2 Å². The first-order valence-corrected chi connectivity index (χ1v) is 8.63. The Morgan fingerprint density at radius 2 is 2.14 bits per heavy atom. The maximum Gasteiger partial charge on any atom is 0.326 e. The number of unbranched alkanes of at least 4 members (excludes halogenated alkanes) is 1. The molecule has 0 radical (unpaired) electrons. The van der Waals surface area contributed by atoms with Gasteiger partial charge in [0.15, 0.2) is 0 Å². The lowest BCUT2D eigenvalue weighted by Gasteiger charge is -2.14. The van der Waals surface area contributed by atoms with Crippen LogP contribution in [0.1, 0.15) is 31.7 Å². The number of carboxylic acids is 1. The van der Waals surface area contributed by atoms with Gasteiger partial charge < -0.3 is 10.4 Å². The Morgan fingerprint density at radius 1 is 1.43 bits per heavy atom. The second-order valence-electron chi connectivity index (χ2n) is 4.80. The Labute approximate surface area is 137 Å². The van der Waals surface area contributed by atoms with Crippen LogP contribution in [0.25, 0.3) is 0 Å². The number of hydrogen-bond acceptors (Lipinski definition) is 3. The molecule has 1 rings (SSSR count). The van der Waals surface area contributed by atoms with Crippen LogP contribution < -0.4 is 5.32 Å². The van der Waals surface area contributed by atoms with Crippen molar-refractivity contribution in [1.82, 2.24) is 5.32 Å². The molecule has 0 saturated heterocycles. The van der Waals surface area contributed by atoms with E-state index in [9.17, 15) is 9.59 Å². The van der Waals surface area contributed by atoms with Gasteiger partial charge >= 0.3 is 5.97 Å². The van der Waals surface area contributed by atoms with Crippen LogP contribution in [0.5, 0.6) is 0 Å². The minimum Gasteiger partial charge on any atom is -0.480 e. The number of carbonyl (C=O) groups excluding carboxylic acids is 1. The molecule has 0 bridgehead atoms. The quantitative estimate of drug-likeness (QED) is 0.683. The highest BCUT2D eigenvalue weighted by atomic mass is 79.9. The van der Waals surface area contributed by atoms with Gasteiger partial charge in [-0.15, -0.1) is 11.8 Å². The number of thioether (sulfide) groups is 1. The maximum atomic E-state index is 11.9. The molecule has 0 aliphatic rings. The first-order chi connectivity index (χ1) is 9.93. The molecule has 0 aliphatic carbocycles. The number of aryl methyl sites for hydroxylation is 1. The highest BCUT2D eigenvalue weighted by Crippen LogP contribution is 2.25. The predicted octanol–water partition coefficient (Wildman–Crippen LogP) is 3.61. The summed E-state index contributed by atoms with van der Waals surface area (Å²) < 4.78 is 0.999. The van der Waals surface area contributed by atoms with Crippen molar-refractivity contribution in [2.45, 2.75) is 44.0 Å². The van der Waals surface area contributed by atoms with Gasteiger partial charge in [0, 0.05) is 9.37 Å². The summed E-state index contributed by atoms with van der Waals surface area (Å²) in [5, 5.41) is 11.7. The molecule has 0 aliphatic heterocycles. The molecule has 6 heteroatoms. The summed E-state index contributed by atoms with van der Waals surface area (Å²) in [4.78, 5) is 24.0. The van der Waals surface area contributed by atoms with E-state index in [1.165, 1.54) is 11.8 Å². The Morgan fingerprint density at radius 3 is 2.71 bits per heavy atom. The van der Waals surface area contributed by atoms with Crippen molar-refractivity contribution in [2.75, 3.05) is 5.75 Å². The van der Waals surface area contributed by atoms with Gasteiger partial charge in [-0.3, -0.25) is 4.79 Å². The maximum absolute atomic E-state index is 11.9. The van der Waals surface area contributed by atoms with Crippen molar-refractivity contribution in [3.63, 3.8) is 0 Å². The number of rotatable bonds is 8. The first kappa shape index (κ1) is 18.0. The van der Waals surface area contributed by atoms with Gasteiger partial charge in [0.1, 0.15) is 6.04 Å². The highest BCUT2D eigenvalue weighted by Gasteiger charge is 2.19. The van der Waals surface area contributed by atoms with E-state index in [1.807, 2.05) is 32.0 Å². The summed E-state index contributed by atoms with van der Waals surface area (Å²) in [6.07, 6.45) is 2.17. The van der Waals surface area contributed by atoms with Crippen LogP contribution in [0.15, 0.2) is 27.6 Å². The molecule has 0 aromatic heterocycles. The predicted molar refractivity (Wildman–Crippen MR) is 88.7 cm³/mol. The average molecular weight is 374 g/mol. The smallest absolute Gasteiger partial charge is 0.326 e. The lowest BCUT2D eigenvalue weighted by atomic mass is 10.1. The van der Waals surface area contributed by atoms with Crippen LogP contribution in [0.2, 0.25) is 0 Å². The highest BCUT2D eigenvalue weighted by molar-refractivity contribution is 9.10. The molecule has 1 aromatic rings. The molecule has 0 spiro atoms. The number of aliphatic carboxylic acids is 1. The molecule has 1 unspecified atom stereocenters. The fraction of sp³-hybridized carbons (Fsp3) is 0.467. The van der Waals surface area contributed by atoms with E-state index in [-0.39, 0.29) is 11.7 Å². The van der Waals surface area contributed by atoms with Gasteiger partial charge in [-0.05, 0) is 37.1 Å². The summed E-state index contributed by atoms with van der Waals surface area (Å²) in [6.45, 7) is 3.97. The normalized spacial score (nSPS) is 12.0. The van der Waals surface area contributed by atoms with Gasteiger partial charge in [0.25, 0.3) is 0 Å². The Bertz CT molecular complexity index is 508. The van der Waals surface area contributed by atoms with Gasteiger partial charge in [-0.1, -0.05) is 35.7 Å². The fourth-order valence-electron chi connectivity index (χ4n) is 1.82. The molecule has 21 heavy (non-hydrogen) atoms. The largest absolute Gasteiger partial charge is 0.480 e. The molecule has 0 fully saturated rings. The Hall–Kier alpha value is -1.01. The Balaban J connectivity index is 2.50. The van der Waals surface area contributed by atoms with Gasteiger partial charge in [-0.25, -0.2) is 4.79 Å². The lowest BCUT2D eigenvalue weighted by Crippen LogP contribution is -2.41. The molecule has 0 heterocycles. The third-order valence-electron chi connectivity index (χ3n) is 2.98. The van der Waals surface area contributed by atoms with E-state index in [1.54, 1.807) is 0 Å². The molecule has 1 atom stereocenters. The number of nitrogens with one attached hydrogen (secondary N) is 1. The average Bonchev–Trinajstić information content (AvgIpc) is 2.42. The third kappa shape index (κ3) is 6.52. The number of carboxylic acid groups (broad SMARTS) is 1. The zero-order valence-electron chi connectivity index (χ0n) is 12.2. The van der Waals surface area contributed by atoms with E-state index in [4.69, 9.17) is 5.11 Å². The molecule has 1 aromatic carbocycles. The molecule has 116 valence electrons. The van der Waals surface area contributed by atoms with E-state index in [0.717, 1.165) is 27.8 Å². The van der Waals surface area contributed by atoms with Crippen LogP contribution in [0.3, 0.4) is 0 Å². The molecule has 2 N–H and O–H groups in total. The molecular formula is C15H20BrNO3S. The summed E-state index contributed by atoms with van der Waals surface area (Å²) in [5.41, 5.74) is 1.09. The van der Waals surface area contributed by atoms with E-state index in [2.05, 4.69) is 21.2 Å². The summed E-state index contributed by atoms with van der Waals surface area (Å²) in [7, 11) is 0. The minimum atomic E-state index is -0.971. The van der Waals surface area contributed by atoms with Crippen LogP contribution >= 0.6 is 27.7 Å². The van der Waals surface area contributed by atoms with Gasteiger partial charge in [0.05, 0.1) is 5.75 Å². The monoisotopic (exact) mass is 373 g/mol. The second kappa shape index (κ2) is 9.10. The van der Waals surface area contributed by atoms with E-state index in [0.29, 0.717) is 6.42 Å². The van der Waals surface area contributed by atoms with Crippen molar-refractivity contribution in [3.8, 4) is 0 Å². The number of hydrogen-bond donors (Lipinski definition) is 2. The van der Waals surface area contributed by atoms with E-state index >= 15 is 0 Å². The van der Waals surface area contributed by atoms with Crippen molar-refractivity contribution in [2.24, 2.45) is 0 Å². The van der Waals surface area contributed by atoms with Crippen LogP contribution in [0.4, 0.5) is 0 Å². The van der Waals surface area contributed by atoms with Crippen molar-refractivity contribution < 1.29 is 14.7 Å². The van der Waals surface area contributed by atoms with E-state index < -0.39 is 12.0 Å². The number of carbonyl (C=O) groups is 2.